The third-order valence-electron chi connectivity index (χ3n) is 4.00. The number of carbonyl (C=O) groups is 2. The van der Waals surface area contributed by atoms with Gasteiger partial charge in [-0.1, -0.05) is 13.8 Å². The van der Waals surface area contributed by atoms with Crippen molar-refractivity contribution < 1.29 is 14.7 Å². The van der Waals surface area contributed by atoms with Gasteiger partial charge in [-0.15, -0.1) is 0 Å². The van der Waals surface area contributed by atoms with Crippen LogP contribution in [0.4, 0.5) is 11.5 Å². The summed E-state index contributed by atoms with van der Waals surface area (Å²) in [5.41, 5.74) is 0.647. The molecule has 2 atom stereocenters. The van der Waals surface area contributed by atoms with Crippen LogP contribution in [0, 0.1) is 11.8 Å². The van der Waals surface area contributed by atoms with Gasteiger partial charge in [-0.05, 0) is 25.0 Å². The summed E-state index contributed by atoms with van der Waals surface area (Å²) < 4.78 is 0. The molecule has 0 saturated carbocycles. The number of hydrogen-bond acceptors (Lipinski definition) is 4. The molecule has 0 bridgehead atoms. The van der Waals surface area contributed by atoms with Crippen LogP contribution in [-0.4, -0.2) is 35.1 Å². The van der Waals surface area contributed by atoms with E-state index in [1.807, 2.05) is 0 Å². The van der Waals surface area contributed by atoms with Crippen LogP contribution in [0.1, 0.15) is 26.7 Å². The zero-order chi connectivity index (χ0) is 15.4. The summed E-state index contributed by atoms with van der Waals surface area (Å²) >= 11 is 0. The Kier molecular flexibility index (Phi) is 4.77. The number of aliphatic carboxylic acids is 1. The lowest BCUT2D eigenvalue weighted by molar-refractivity contribution is -0.145. The molecule has 2 rings (SSSR count). The number of aromatic nitrogens is 1. The molecule has 0 aliphatic carbocycles. The number of anilines is 2. The Morgan fingerprint density at radius 3 is 2.57 bits per heavy atom. The second-order valence-corrected chi connectivity index (χ2v) is 5.47. The maximum absolute atomic E-state index is 12.2. The highest BCUT2D eigenvalue weighted by Gasteiger charge is 2.27. The maximum Gasteiger partial charge on any atom is 0.307 e. The number of hydrogen-bond donors (Lipinski definition) is 2. The van der Waals surface area contributed by atoms with E-state index in [4.69, 9.17) is 5.11 Å². The Balaban J connectivity index is 2.12. The molecule has 1 fully saturated rings. The first-order chi connectivity index (χ1) is 10.0. The van der Waals surface area contributed by atoms with Gasteiger partial charge in [0.1, 0.15) is 0 Å². The van der Waals surface area contributed by atoms with E-state index in [2.05, 4.69) is 15.2 Å². The normalized spacial score (nSPS) is 17.3. The fraction of sp³-hybridized carbons (Fsp3) is 0.533. The largest absolute Gasteiger partial charge is 0.481 e. The van der Waals surface area contributed by atoms with E-state index in [0.29, 0.717) is 5.69 Å². The van der Waals surface area contributed by atoms with Gasteiger partial charge in [-0.2, -0.15) is 0 Å². The molecule has 0 radical (unpaired) electrons. The van der Waals surface area contributed by atoms with Crippen molar-refractivity contribution in [1.29, 1.82) is 0 Å². The van der Waals surface area contributed by atoms with E-state index in [1.54, 1.807) is 25.3 Å². The molecular weight excluding hydrogens is 270 g/mol. The molecule has 1 saturated heterocycles. The average Bonchev–Trinajstić information content (AvgIpc) is 3.00. The van der Waals surface area contributed by atoms with Crippen LogP contribution < -0.4 is 10.2 Å². The summed E-state index contributed by atoms with van der Waals surface area (Å²) in [7, 11) is 0. The van der Waals surface area contributed by atoms with Gasteiger partial charge in [-0.25, -0.2) is 4.98 Å². The molecule has 1 aliphatic heterocycles. The number of nitrogens with one attached hydrogen (secondary N) is 1. The van der Waals surface area contributed by atoms with Crippen LogP contribution in [0.25, 0.3) is 0 Å². The van der Waals surface area contributed by atoms with Gasteiger partial charge in [-0.3, -0.25) is 9.59 Å². The van der Waals surface area contributed by atoms with Crippen molar-refractivity contribution in [2.24, 2.45) is 11.8 Å². The topological polar surface area (TPSA) is 82.5 Å². The molecule has 2 heterocycles. The standard InChI is InChI=1S/C15H21N3O3/c1-10(11(2)15(20)21)14(19)17-12-6-5-7-16-13(12)18-8-3-4-9-18/h5-7,10-11H,3-4,8-9H2,1-2H3,(H,17,19)(H,20,21). The van der Waals surface area contributed by atoms with Gasteiger partial charge in [0.25, 0.3) is 0 Å². The van der Waals surface area contributed by atoms with E-state index in [-0.39, 0.29) is 5.91 Å². The molecule has 0 aromatic carbocycles. The molecule has 0 spiro atoms. The van der Waals surface area contributed by atoms with Gasteiger partial charge in [0.05, 0.1) is 11.6 Å². The summed E-state index contributed by atoms with van der Waals surface area (Å²) in [4.78, 5) is 29.7. The minimum Gasteiger partial charge on any atom is -0.481 e. The average molecular weight is 291 g/mol. The predicted octanol–water partition coefficient (Wildman–Crippen LogP) is 1.98. The molecule has 1 aromatic rings. The number of carbonyl (C=O) groups excluding carboxylic acids is 1. The van der Waals surface area contributed by atoms with Crippen molar-refractivity contribution in [3.05, 3.63) is 18.3 Å². The van der Waals surface area contributed by atoms with Crippen molar-refractivity contribution in [3.63, 3.8) is 0 Å². The molecule has 21 heavy (non-hydrogen) atoms. The van der Waals surface area contributed by atoms with Crippen molar-refractivity contribution in [1.82, 2.24) is 4.98 Å². The van der Waals surface area contributed by atoms with E-state index >= 15 is 0 Å². The lowest BCUT2D eigenvalue weighted by Gasteiger charge is -2.21. The fourth-order valence-corrected chi connectivity index (χ4v) is 2.36. The zero-order valence-corrected chi connectivity index (χ0v) is 12.4. The SMILES string of the molecule is CC(C(=O)O)C(C)C(=O)Nc1cccnc1N1CCCC1. The monoisotopic (exact) mass is 291 g/mol. The zero-order valence-electron chi connectivity index (χ0n) is 12.4. The van der Waals surface area contributed by atoms with Crippen LogP contribution in [0.2, 0.25) is 0 Å². The number of nitrogens with zero attached hydrogens (tertiary/aromatic N) is 2. The molecule has 114 valence electrons. The fourth-order valence-electron chi connectivity index (χ4n) is 2.36. The van der Waals surface area contributed by atoms with E-state index in [0.717, 1.165) is 31.7 Å². The van der Waals surface area contributed by atoms with Crippen molar-refractivity contribution in [2.45, 2.75) is 26.7 Å². The summed E-state index contributed by atoms with van der Waals surface area (Å²) in [6.45, 7) is 5.03. The maximum atomic E-state index is 12.2. The predicted molar refractivity (Wildman–Crippen MR) is 80.3 cm³/mol. The van der Waals surface area contributed by atoms with Gasteiger partial charge in [0, 0.05) is 25.2 Å². The molecule has 2 unspecified atom stereocenters. The highest BCUT2D eigenvalue weighted by atomic mass is 16.4. The van der Waals surface area contributed by atoms with E-state index < -0.39 is 17.8 Å². The van der Waals surface area contributed by atoms with Gasteiger partial charge in [0.15, 0.2) is 5.82 Å². The van der Waals surface area contributed by atoms with Crippen molar-refractivity contribution >= 4 is 23.4 Å². The molecular formula is C15H21N3O3. The second-order valence-electron chi connectivity index (χ2n) is 5.47. The molecule has 1 amide bonds. The first-order valence-corrected chi connectivity index (χ1v) is 7.24. The summed E-state index contributed by atoms with van der Waals surface area (Å²) in [6.07, 6.45) is 3.94. The number of carboxylic acids is 1. The smallest absolute Gasteiger partial charge is 0.307 e. The first-order valence-electron chi connectivity index (χ1n) is 7.24. The van der Waals surface area contributed by atoms with Gasteiger partial charge in [0.2, 0.25) is 5.91 Å². The summed E-state index contributed by atoms with van der Waals surface area (Å²) in [5.74, 6) is -1.83. The molecule has 1 aliphatic rings. The van der Waals surface area contributed by atoms with Crippen LogP contribution in [0.15, 0.2) is 18.3 Å². The van der Waals surface area contributed by atoms with Crippen LogP contribution in [-0.2, 0) is 9.59 Å². The number of pyridine rings is 1. The Morgan fingerprint density at radius 2 is 1.95 bits per heavy atom. The quantitative estimate of drug-likeness (QED) is 0.866. The van der Waals surface area contributed by atoms with Crippen LogP contribution >= 0.6 is 0 Å². The van der Waals surface area contributed by atoms with Crippen molar-refractivity contribution in [2.75, 3.05) is 23.3 Å². The molecule has 2 N–H and O–H groups in total. The minimum absolute atomic E-state index is 0.293. The summed E-state index contributed by atoms with van der Waals surface area (Å²) in [6, 6.07) is 3.57. The third-order valence-corrected chi connectivity index (χ3v) is 4.00. The molecule has 6 nitrogen and oxygen atoms in total. The third kappa shape index (κ3) is 3.51. The lowest BCUT2D eigenvalue weighted by Crippen LogP contribution is -2.31. The molecule has 1 aromatic heterocycles. The molecule has 6 heteroatoms. The highest BCUT2D eigenvalue weighted by Crippen LogP contribution is 2.27. The Morgan fingerprint density at radius 1 is 1.29 bits per heavy atom. The first kappa shape index (κ1) is 15.3. The number of rotatable bonds is 5. The Bertz CT molecular complexity index is 527. The Labute approximate surface area is 124 Å². The van der Waals surface area contributed by atoms with Crippen LogP contribution in [0.3, 0.4) is 0 Å². The highest BCUT2D eigenvalue weighted by molar-refractivity contribution is 5.96. The lowest BCUT2D eigenvalue weighted by atomic mass is 9.95. The van der Waals surface area contributed by atoms with Crippen molar-refractivity contribution in [3.8, 4) is 0 Å². The number of carboxylic acid groups (broad SMARTS) is 1. The Hall–Kier alpha value is -2.11. The van der Waals surface area contributed by atoms with Crippen LogP contribution in [0.5, 0.6) is 0 Å². The minimum atomic E-state index is -0.969. The number of amides is 1. The van der Waals surface area contributed by atoms with E-state index in [9.17, 15) is 9.59 Å². The van der Waals surface area contributed by atoms with Gasteiger partial charge < -0.3 is 15.3 Å². The second kappa shape index (κ2) is 6.56. The summed E-state index contributed by atoms with van der Waals surface area (Å²) in [5, 5.41) is 11.8. The van der Waals surface area contributed by atoms with Gasteiger partial charge >= 0.3 is 5.97 Å². The van der Waals surface area contributed by atoms with E-state index in [1.165, 1.54) is 6.92 Å².